The maximum Gasteiger partial charge on any atom is 0.232 e. The van der Waals surface area contributed by atoms with Gasteiger partial charge in [0.1, 0.15) is 0 Å². The Morgan fingerprint density at radius 2 is 2.33 bits per heavy atom. The number of hydrogen-bond donors (Lipinski definition) is 1. The van der Waals surface area contributed by atoms with Crippen LogP contribution in [0.25, 0.3) is 0 Å². The number of nitrogens with zero attached hydrogens (tertiary/aromatic N) is 2. The predicted molar refractivity (Wildman–Crippen MR) is 70.1 cm³/mol. The molecule has 0 saturated heterocycles. The molecule has 1 amide bonds. The first-order valence-corrected chi connectivity index (χ1v) is 6.11. The van der Waals surface area contributed by atoms with Crippen molar-refractivity contribution in [1.29, 1.82) is 5.26 Å². The lowest BCUT2D eigenvalue weighted by atomic mass is 9.99. The quantitative estimate of drug-likeness (QED) is 0.882. The number of amides is 1. The van der Waals surface area contributed by atoms with Gasteiger partial charge in [0.05, 0.1) is 18.4 Å². The standard InChI is InChI=1S/C14H17N3O/c1-10(7-8-15)17(2)14(18)12-9-16-13-6-4-3-5-11(12)13/h3-6,10,12,16H,7,9H2,1-2H3. The molecule has 0 bridgehead atoms. The second-order valence-electron chi connectivity index (χ2n) is 4.68. The molecule has 2 unspecified atom stereocenters. The molecule has 0 radical (unpaired) electrons. The van der Waals surface area contributed by atoms with Crippen LogP contribution in [-0.2, 0) is 4.79 Å². The van der Waals surface area contributed by atoms with Crippen LogP contribution >= 0.6 is 0 Å². The van der Waals surface area contributed by atoms with E-state index in [1.807, 2.05) is 31.2 Å². The zero-order chi connectivity index (χ0) is 13.1. The third kappa shape index (κ3) is 2.17. The van der Waals surface area contributed by atoms with Crippen LogP contribution in [0.3, 0.4) is 0 Å². The Bertz CT molecular complexity index is 492. The summed E-state index contributed by atoms with van der Waals surface area (Å²) < 4.78 is 0. The summed E-state index contributed by atoms with van der Waals surface area (Å²) in [5, 5.41) is 11.9. The fraction of sp³-hybridized carbons (Fsp3) is 0.429. The minimum Gasteiger partial charge on any atom is -0.384 e. The Morgan fingerprint density at radius 1 is 1.61 bits per heavy atom. The largest absolute Gasteiger partial charge is 0.384 e. The minimum absolute atomic E-state index is 0.0461. The number of nitriles is 1. The van der Waals surface area contributed by atoms with Crippen molar-refractivity contribution in [2.45, 2.75) is 25.3 Å². The molecule has 18 heavy (non-hydrogen) atoms. The second kappa shape index (κ2) is 5.09. The maximum atomic E-state index is 12.4. The number of fused-ring (bicyclic) bond motifs is 1. The van der Waals surface area contributed by atoms with E-state index in [1.165, 1.54) is 0 Å². The molecule has 1 aromatic rings. The van der Waals surface area contributed by atoms with Crippen molar-refractivity contribution in [2.24, 2.45) is 0 Å². The van der Waals surface area contributed by atoms with Gasteiger partial charge in [-0.05, 0) is 18.6 Å². The highest BCUT2D eigenvalue weighted by Crippen LogP contribution is 2.32. The van der Waals surface area contributed by atoms with Crippen molar-refractivity contribution in [1.82, 2.24) is 4.90 Å². The fourth-order valence-corrected chi connectivity index (χ4v) is 2.24. The van der Waals surface area contributed by atoms with E-state index < -0.39 is 0 Å². The number of benzene rings is 1. The normalized spacial score (nSPS) is 18.4. The molecule has 0 spiro atoms. The number of para-hydroxylation sites is 1. The van der Waals surface area contributed by atoms with Gasteiger partial charge in [-0.25, -0.2) is 0 Å². The summed E-state index contributed by atoms with van der Waals surface area (Å²) in [7, 11) is 1.77. The van der Waals surface area contributed by atoms with Gasteiger partial charge in [-0.15, -0.1) is 0 Å². The predicted octanol–water partition coefficient (Wildman–Crippen LogP) is 1.96. The minimum atomic E-state index is -0.132. The first-order chi connectivity index (χ1) is 8.65. The molecule has 0 aliphatic carbocycles. The number of carbonyl (C=O) groups excluding carboxylic acids is 1. The smallest absolute Gasteiger partial charge is 0.232 e. The fourth-order valence-electron chi connectivity index (χ4n) is 2.24. The number of rotatable bonds is 3. The van der Waals surface area contributed by atoms with Crippen LogP contribution in [0, 0.1) is 11.3 Å². The van der Waals surface area contributed by atoms with Crippen molar-refractivity contribution in [2.75, 3.05) is 18.9 Å². The Balaban J connectivity index is 2.14. The molecular weight excluding hydrogens is 226 g/mol. The van der Waals surface area contributed by atoms with Gasteiger partial charge in [0.2, 0.25) is 5.91 Å². The highest BCUT2D eigenvalue weighted by molar-refractivity contribution is 5.88. The van der Waals surface area contributed by atoms with Gasteiger partial charge in [-0.2, -0.15) is 5.26 Å². The van der Waals surface area contributed by atoms with E-state index in [0.29, 0.717) is 13.0 Å². The zero-order valence-electron chi connectivity index (χ0n) is 10.7. The van der Waals surface area contributed by atoms with Crippen molar-refractivity contribution in [3.8, 4) is 6.07 Å². The van der Waals surface area contributed by atoms with Crippen LogP contribution < -0.4 is 5.32 Å². The van der Waals surface area contributed by atoms with Crippen LogP contribution in [0.2, 0.25) is 0 Å². The number of likely N-dealkylation sites (N-methyl/N-ethyl adjacent to an activating group) is 1. The molecule has 2 atom stereocenters. The van der Waals surface area contributed by atoms with Crippen molar-refractivity contribution >= 4 is 11.6 Å². The third-order valence-corrected chi connectivity index (χ3v) is 3.53. The van der Waals surface area contributed by atoms with Crippen molar-refractivity contribution in [3.63, 3.8) is 0 Å². The second-order valence-corrected chi connectivity index (χ2v) is 4.68. The molecule has 1 aromatic carbocycles. The number of hydrogen-bond acceptors (Lipinski definition) is 3. The molecule has 94 valence electrons. The molecule has 1 aliphatic rings. The molecule has 1 aliphatic heterocycles. The van der Waals surface area contributed by atoms with Crippen LogP contribution in [0.4, 0.5) is 5.69 Å². The Hall–Kier alpha value is -2.02. The van der Waals surface area contributed by atoms with E-state index in [9.17, 15) is 4.79 Å². The van der Waals surface area contributed by atoms with Gasteiger partial charge < -0.3 is 10.2 Å². The lowest BCUT2D eigenvalue weighted by molar-refractivity contribution is -0.132. The average Bonchev–Trinajstić information content (AvgIpc) is 2.81. The SMILES string of the molecule is CC(CC#N)N(C)C(=O)C1CNc2ccccc21. The first-order valence-electron chi connectivity index (χ1n) is 6.11. The molecule has 1 heterocycles. The summed E-state index contributed by atoms with van der Waals surface area (Å²) in [4.78, 5) is 14.1. The Kier molecular flexibility index (Phi) is 3.52. The van der Waals surface area contributed by atoms with Gasteiger partial charge in [0.15, 0.2) is 0 Å². The number of carbonyl (C=O) groups is 1. The Morgan fingerprint density at radius 3 is 3.06 bits per heavy atom. The average molecular weight is 243 g/mol. The van der Waals surface area contributed by atoms with Crippen LogP contribution in [0.15, 0.2) is 24.3 Å². The monoisotopic (exact) mass is 243 g/mol. The van der Waals surface area contributed by atoms with Crippen LogP contribution in [-0.4, -0.2) is 30.4 Å². The zero-order valence-corrected chi connectivity index (χ0v) is 10.7. The summed E-state index contributed by atoms with van der Waals surface area (Å²) in [6.07, 6.45) is 0.365. The summed E-state index contributed by atoms with van der Waals surface area (Å²) in [6, 6.07) is 9.94. The number of anilines is 1. The molecule has 1 N–H and O–H groups in total. The summed E-state index contributed by atoms with van der Waals surface area (Å²) >= 11 is 0. The van der Waals surface area contributed by atoms with Gasteiger partial charge in [0.25, 0.3) is 0 Å². The molecule has 2 rings (SSSR count). The van der Waals surface area contributed by atoms with Crippen LogP contribution in [0.1, 0.15) is 24.8 Å². The van der Waals surface area contributed by atoms with E-state index in [0.717, 1.165) is 11.3 Å². The van der Waals surface area contributed by atoms with E-state index in [-0.39, 0.29) is 17.9 Å². The maximum absolute atomic E-state index is 12.4. The first kappa shape index (κ1) is 12.4. The molecule has 4 heteroatoms. The lowest BCUT2D eigenvalue weighted by Gasteiger charge is -2.26. The van der Waals surface area contributed by atoms with E-state index in [1.54, 1.807) is 11.9 Å². The third-order valence-electron chi connectivity index (χ3n) is 3.53. The van der Waals surface area contributed by atoms with E-state index in [2.05, 4.69) is 11.4 Å². The van der Waals surface area contributed by atoms with Crippen molar-refractivity contribution < 1.29 is 4.79 Å². The van der Waals surface area contributed by atoms with E-state index >= 15 is 0 Å². The molecule has 0 saturated carbocycles. The molecule has 4 nitrogen and oxygen atoms in total. The highest BCUT2D eigenvalue weighted by Gasteiger charge is 2.31. The Labute approximate surface area is 107 Å². The molecule has 0 fully saturated rings. The number of nitrogens with one attached hydrogen (secondary N) is 1. The summed E-state index contributed by atoms with van der Waals surface area (Å²) in [5.74, 6) is -0.0532. The summed E-state index contributed by atoms with van der Waals surface area (Å²) in [6.45, 7) is 2.54. The topological polar surface area (TPSA) is 56.1 Å². The van der Waals surface area contributed by atoms with Crippen molar-refractivity contribution in [3.05, 3.63) is 29.8 Å². The van der Waals surface area contributed by atoms with E-state index in [4.69, 9.17) is 5.26 Å². The van der Waals surface area contributed by atoms with Crippen LogP contribution in [0.5, 0.6) is 0 Å². The van der Waals surface area contributed by atoms with Gasteiger partial charge in [-0.1, -0.05) is 18.2 Å². The van der Waals surface area contributed by atoms with Gasteiger partial charge >= 0.3 is 0 Å². The summed E-state index contributed by atoms with van der Waals surface area (Å²) in [5.41, 5.74) is 2.09. The lowest BCUT2D eigenvalue weighted by Crippen LogP contribution is -2.38. The molecule has 0 aromatic heterocycles. The molecular formula is C14H17N3O. The highest BCUT2D eigenvalue weighted by atomic mass is 16.2. The van der Waals surface area contributed by atoms with Gasteiger partial charge in [-0.3, -0.25) is 4.79 Å². The van der Waals surface area contributed by atoms with Gasteiger partial charge in [0, 0.05) is 25.3 Å².